The molecule has 0 aliphatic heterocycles. The van der Waals surface area contributed by atoms with Crippen molar-refractivity contribution in [2.75, 3.05) is 0 Å². The molecule has 0 aliphatic rings. The van der Waals surface area contributed by atoms with Gasteiger partial charge in [-0.15, -0.1) is 0 Å². The molecule has 112 valence electrons. The third kappa shape index (κ3) is 4.08. The summed E-state index contributed by atoms with van der Waals surface area (Å²) < 4.78 is 6.70. The van der Waals surface area contributed by atoms with Crippen molar-refractivity contribution in [2.24, 2.45) is 0 Å². The topological polar surface area (TPSA) is 29.5 Å². The van der Waals surface area contributed by atoms with Crippen molar-refractivity contribution < 1.29 is 9.84 Å². The molecule has 0 heterocycles. The highest BCUT2D eigenvalue weighted by atomic mass is 79.9. The zero-order chi connectivity index (χ0) is 15.6. The number of hydrogen-bond donors (Lipinski definition) is 1. The van der Waals surface area contributed by atoms with E-state index < -0.39 is 6.10 Å². The standard InChI is InChI=1S/C18H21BrO2/c1-12(20)16-10-9-15(11-17(16)19)21-14-7-5-13(6-8-14)18(2,3)4/h5-12,20H,1-4H3/t12-/m1/s1. The van der Waals surface area contributed by atoms with Gasteiger partial charge < -0.3 is 9.84 Å². The summed E-state index contributed by atoms with van der Waals surface area (Å²) in [6.45, 7) is 8.31. The Labute approximate surface area is 134 Å². The predicted molar refractivity (Wildman–Crippen MR) is 90.0 cm³/mol. The molecule has 0 unspecified atom stereocenters. The van der Waals surface area contributed by atoms with E-state index in [9.17, 15) is 5.11 Å². The molecule has 3 heteroatoms. The second-order valence-electron chi connectivity index (χ2n) is 6.24. The van der Waals surface area contributed by atoms with Crippen LogP contribution in [0.15, 0.2) is 46.9 Å². The molecule has 2 aromatic rings. The summed E-state index contributed by atoms with van der Waals surface area (Å²) in [4.78, 5) is 0. The fourth-order valence-electron chi connectivity index (χ4n) is 2.07. The summed E-state index contributed by atoms with van der Waals surface area (Å²) in [7, 11) is 0. The Bertz CT molecular complexity index is 610. The normalized spacial score (nSPS) is 13.0. The monoisotopic (exact) mass is 348 g/mol. The molecular formula is C18H21BrO2. The van der Waals surface area contributed by atoms with Crippen LogP contribution in [0.4, 0.5) is 0 Å². The van der Waals surface area contributed by atoms with Gasteiger partial charge in [0.2, 0.25) is 0 Å². The van der Waals surface area contributed by atoms with E-state index in [1.807, 2.05) is 30.3 Å². The lowest BCUT2D eigenvalue weighted by Crippen LogP contribution is -2.10. The molecule has 21 heavy (non-hydrogen) atoms. The quantitative estimate of drug-likeness (QED) is 0.782. The fraction of sp³-hybridized carbons (Fsp3) is 0.333. The lowest BCUT2D eigenvalue weighted by atomic mass is 9.87. The molecule has 0 aromatic heterocycles. The fourth-order valence-corrected chi connectivity index (χ4v) is 2.76. The molecule has 2 nitrogen and oxygen atoms in total. The van der Waals surface area contributed by atoms with Crippen LogP contribution in [0, 0.1) is 0 Å². The Kier molecular flexibility index (Phi) is 4.74. The van der Waals surface area contributed by atoms with Crippen LogP contribution in [0.2, 0.25) is 0 Å². The van der Waals surface area contributed by atoms with Crippen molar-refractivity contribution >= 4 is 15.9 Å². The predicted octanol–water partition coefficient (Wildman–Crippen LogP) is 5.59. The summed E-state index contributed by atoms with van der Waals surface area (Å²) in [6, 6.07) is 13.8. The van der Waals surface area contributed by atoms with E-state index >= 15 is 0 Å². The number of rotatable bonds is 3. The van der Waals surface area contributed by atoms with Crippen LogP contribution in [0.5, 0.6) is 11.5 Å². The summed E-state index contributed by atoms with van der Waals surface area (Å²) in [5.41, 5.74) is 2.27. The van der Waals surface area contributed by atoms with Crippen LogP contribution < -0.4 is 4.74 Å². The number of halogens is 1. The van der Waals surface area contributed by atoms with Gasteiger partial charge in [0.05, 0.1) is 6.10 Å². The Morgan fingerprint density at radius 2 is 1.57 bits per heavy atom. The summed E-state index contributed by atoms with van der Waals surface area (Å²) in [5, 5.41) is 9.62. The number of ether oxygens (including phenoxy) is 1. The highest BCUT2D eigenvalue weighted by Crippen LogP contribution is 2.31. The molecule has 1 atom stereocenters. The first-order chi connectivity index (χ1) is 9.77. The SMILES string of the molecule is C[C@@H](O)c1ccc(Oc2ccc(C(C)(C)C)cc2)cc1Br. The van der Waals surface area contributed by atoms with E-state index in [4.69, 9.17) is 4.74 Å². The number of aliphatic hydroxyl groups is 1. The van der Waals surface area contributed by atoms with Gasteiger partial charge >= 0.3 is 0 Å². The second kappa shape index (κ2) is 6.20. The maximum atomic E-state index is 9.62. The first kappa shape index (κ1) is 16.1. The first-order valence-electron chi connectivity index (χ1n) is 7.03. The van der Waals surface area contributed by atoms with Crippen LogP contribution in [0.1, 0.15) is 44.9 Å². The summed E-state index contributed by atoms with van der Waals surface area (Å²) in [5.74, 6) is 1.55. The zero-order valence-electron chi connectivity index (χ0n) is 12.9. The molecule has 0 saturated heterocycles. The molecule has 0 saturated carbocycles. The highest BCUT2D eigenvalue weighted by Gasteiger charge is 2.13. The number of benzene rings is 2. The van der Waals surface area contributed by atoms with Crippen molar-refractivity contribution in [1.82, 2.24) is 0 Å². The maximum absolute atomic E-state index is 9.62. The number of aliphatic hydroxyl groups excluding tert-OH is 1. The molecule has 0 aliphatic carbocycles. The van der Waals surface area contributed by atoms with Gasteiger partial charge in [-0.3, -0.25) is 0 Å². The van der Waals surface area contributed by atoms with E-state index in [-0.39, 0.29) is 5.41 Å². The van der Waals surface area contributed by atoms with Gasteiger partial charge in [-0.25, -0.2) is 0 Å². The lowest BCUT2D eigenvalue weighted by molar-refractivity contribution is 0.198. The van der Waals surface area contributed by atoms with Crippen molar-refractivity contribution in [3.05, 3.63) is 58.1 Å². The average molecular weight is 349 g/mol. The van der Waals surface area contributed by atoms with Gasteiger partial charge in [-0.2, -0.15) is 0 Å². The Hall–Kier alpha value is -1.32. The van der Waals surface area contributed by atoms with Crippen molar-refractivity contribution in [1.29, 1.82) is 0 Å². The van der Waals surface area contributed by atoms with Gasteiger partial charge in [-0.1, -0.05) is 54.9 Å². The second-order valence-corrected chi connectivity index (χ2v) is 7.09. The molecule has 0 bridgehead atoms. The van der Waals surface area contributed by atoms with Gasteiger partial charge in [0.1, 0.15) is 11.5 Å². The third-order valence-electron chi connectivity index (χ3n) is 3.38. The Balaban J connectivity index is 2.17. The molecule has 0 fully saturated rings. The van der Waals surface area contributed by atoms with Crippen molar-refractivity contribution in [3.63, 3.8) is 0 Å². The van der Waals surface area contributed by atoms with Crippen LogP contribution in [0.25, 0.3) is 0 Å². The smallest absolute Gasteiger partial charge is 0.128 e. The molecule has 0 amide bonds. The van der Waals surface area contributed by atoms with E-state index in [1.165, 1.54) is 5.56 Å². The Morgan fingerprint density at radius 1 is 1.00 bits per heavy atom. The molecular weight excluding hydrogens is 328 g/mol. The van der Waals surface area contributed by atoms with Crippen LogP contribution in [0.3, 0.4) is 0 Å². The largest absolute Gasteiger partial charge is 0.457 e. The third-order valence-corrected chi connectivity index (χ3v) is 4.06. The first-order valence-corrected chi connectivity index (χ1v) is 7.82. The molecule has 0 spiro atoms. The maximum Gasteiger partial charge on any atom is 0.128 e. The average Bonchev–Trinajstić information content (AvgIpc) is 2.38. The van der Waals surface area contributed by atoms with Crippen LogP contribution in [-0.2, 0) is 5.41 Å². The Morgan fingerprint density at radius 3 is 2.05 bits per heavy atom. The summed E-state index contributed by atoms with van der Waals surface area (Å²) >= 11 is 3.46. The number of hydrogen-bond acceptors (Lipinski definition) is 2. The highest BCUT2D eigenvalue weighted by molar-refractivity contribution is 9.10. The lowest BCUT2D eigenvalue weighted by Gasteiger charge is -2.19. The van der Waals surface area contributed by atoms with Crippen molar-refractivity contribution in [2.45, 2.75) is 39.2 Å². The van der Waals surface area contributed by atoms with Gasteiger partial charge in [-0.05, 0) is 47.7 Å². The minimum Gasteiger partial charge on any atom is -0.457 e. The minimum absolute atomic E-state index is 0.139. The molecule has 0 radical (unpaired) electrons. The molecule has 2 rings (SSSR count). The molecule has 2 aromatic carbocycles. The van der Waals surface area contributed by atoms with E-state index in [1.54, 1.807) is 6.92 Å². The van der Waals surface area contributed by atoms with Crippen LogP contribution >= 0.6 is 15.9 Å². The van der Waals surface area contributed by atoms with E-state index in [0.29, 0.717) is 0 Å². The van der Waals surface area contributed by atoms with Crippen LogP contribution in [-0.4, -0.2) is 5.11 Å². The van der Waals surface area contributed by atoms with E-state index in [2.05, 4.69) is 48.8 Å². The van der Waals surface area contributed by atoms with Gasteiger partial charge in [0, 0.05) is 4.47 Å². The van der Waals surface area contributed by atoms with Crippen molar-refractivity contribution in [3.8, 4) is 11.5 Å². The minimum atomic E-state index is -0.500. The van der Waals surface area contributed by atoms with Gasteiger partial charge in [0.15, 0.2) is 0 Å². The summed E-state index contributed by atoms with van der Waals surface area (Å²) in [6.07, 6.45) is -0.500. The zero-order valence-corrected chi connectivity index (χ0v) is 14.4. The molecule has 1 N–H and O–H groups in total. The van der Waals surface area contributed by atoms with E-state index in [0.717, 1.165) is 21.5 Å². The van der Waals surface area contributed by atoms with Gasteiger partial charge in [0.25, 0.3) is 0 Å².